The second-order valence-corrected chi connectivity index (χ2v) is 4.15. The monoisotopic (exact) mass is 376 g/mol. The molecule has 0 aliphatic heterocycles. The summed E-state index contributed by atoms with van der Waals surface area (Å²) in [5.74, 6) is -0.0975. The maximum absolute atomic E-state index is 11.9. The van der Waals surface area contributed by atoms with E-state index >= 15 is 0 Å². The minimum absolute atomic E-state index is 0.217. The Kier molecular flexibility index (Phi) is 7.22. The molecule has 7 heteroatoms. The van der Waals surface area contributed by atoms with Crippen LogP contribution >= 0.6 is 13.6 Å². The summed E-state index contributed by atoms with van der Waals surface area (Å²) in [6.45, 7) is 5.37. The Hall–Kier alpha value is -0.287. The Morgan fingerprint density at radius 3 is 2.17 bits per heavy atom. The molecular weight excluding hydrogens is 366 g/mol. The van der Waals surface area contributed by atoms with Crippen LogP contribution in [0.15, 0.2) is 18.2 Å². The van der Waals surface area contributed by atoms with Gasteiger partial charge in [0.25, 0.3) is 0 Å². The molecule has 2 nitrogen and oxygen atoms in total. The third-order valence-corrected chi connectivity index (χ3v) is 1.40. The Balaban J connectivity index is 0.00000137. The Morgan fingerprint density at radius 2 is 1.72 bits per heavy atom. The van der Waals surface area contributed by atoms with Gasteiger partial charge in [-0.15, -0.1) is 25.3 Å². The summed E-state index contributed by atoms with van der Waals surface area (Å²) < 4.78 is 44.9. The molecule has 0 bridgehead atoms. The van der Waals surface area contributed by atoms with E-state index in [4.69, 9.17) is 4.74 Å². The van der Waals surface area contributed by atoms with Gasteiger partial charge in [0.1, 0.15) is 0 Å². The Morgan fingerprint density at radius 1 is 1.17 bits per heavy atom. The molecule has 0 fully saturated rings. The van der Waals surface area contributed by atoms with Crippen LogP contribution in [-0.4, -0.2) is 12.0 Å². The second kappa shape index (κ2) is 7.34. The van der Waals surface area contributed by atoms with Crippen molar-refractivity contribution in [1.29, 1.82) is 0 Å². The van der Waals surface area contributed by atoms with Crippen molar-refractivity contribution >= 4 is 13.6 Å². The average molecular weight is 379 g/mol. The standard InChI is InChI=1S/C11H12F3O2.BrH.Zn/c1-10(2,3)15-8-5-4-6-9(7-8)16-11(12,13)14;;/h4,6-7H,1-3H3;1H;/q-1;;+2/p-1. The zero-order chi connectivity index (χ0) is 14.4. The summed E-state index contributed by atoms with van der Waals surface area (Å²) >= 11 is 4.25. The Bertz CT molecular complexity index is 333. The number of benzene rings is 1. The summed E-state index contributed by atoms with van der Waals surface area (Å²) in [6.07, 6.45) is -4.69. The van der Waals surface area contributed by atoms with Crippen LogP contribution in [0.3, 0.4) is 0 Å². The van der Waals surface area contributed by atoms with E-state index in [1.54, 1.807) is 20.8 Å². The first-order valence-electron chi connectivity index (χ1n) is 4.89. The fourth-order valence-electron chi connectivity index (χ4n) is 1.01. The molecule has 1 aromatic rings. The molecular formula is C11H12BrF3O2Zn. The summed E-state index contributed by atoms with van der Waals surface area (Å²) in [5, 5.41) is 0. The molecule has 1 aromatic carbocycles. The van der Waals surface area contributed by atoms with Gasteiger partial charge in [-0.25, -0.2) is 0 Å². The molecule has 0 unspecified atom stereocenters. The summed E-state index contributed by atoms with van der Waals surface area (Å²) in [6, 6.07) is 6.32. The van der Waals surface area contributed by atoms with Crippen LogP contribution in [0.1, 0.15) is 20.8 Å². The van der Waals surface area contributed by atoms with Gasteiger partial charge in [0, 0.05) is 11.5 Å². The Labute approximate surface area is 121 Å². The van der Waals surface area contributed by atoms with Crippen LogP contribution in [-0.2, 0) is 16.3 Å². The SMILES string of the molecule is CC(C)(C)Oc1[c-]ccc(OC(F)(F)F)c1.[Zn+][Br]. The van der Waals surface area contributed by atoms with Crippen molar-refractivity contribution < 1.29 is 39.0 Å². The van der Waals surface area contributed by atoms with Crippen molar-refractivity contribution in [3.05, 3.63) is 24.3 Å². The molecule has 0 radical (unpaired) electrons. The normalized spacial score (nSPS) is 11.4. The topological polar surface area (TPSA) is 18.5 Å². The average Bonchev–Trinajstić information content (AvgIpc) is 2.15. The number of ether oxygens (including phenoxy) is 2. The summed E-state index contributed by atoms with van der Waals surface area (Å²) in [4.78, 5) is 0. The van der Waals surface area contributed by atoms with Gasteiger partial charge in [-0.3, -0.25) is 0 Å². The van der Waals surface area contributed by atoms with Gasteiger partial charge in [0.05, 0.1) is 5.60 Å². The van der Waals surface area contributed by atoms with Gasteiger partial charge < -0.3 is 9.47 Å². The molecule has 0 aliphatic rings. The van der Waals surface area contributed by atoms with E-state index in [1.807, 2.05) is 0 Å². The van der Waals surface area contributed by atoms with Crippen molar-refractivity contribution in [2.75, 3.05) is 0 Å². The molecule has 0 heterocycles. The van der Waals surface area contributed by atoms with E-state index in [1.165, 1.54) is 28.5 Å². The molecule has 0 N–H and O–H groups in total. The fourth-order valence-corrected chi connectivity index (χ4v) is 1.01. The van der Waals surface area contributed by atoms with E-state index in [9.17, 15) is 13.2 Å². The fraction of sp³-hybridized carbons (Fsp3) is 0.455. The van der Waals surface area contributed by atoms with Crippen LogP contribution in [0.5, 0.6) is 11.5 Å². The first kappa shape index (κ1) is 17.7. The van der Waals surface area contributed by atoms with Gasteiger partial charge in [-0.1, -0.05) is 6.07 Å². The van der Waals surface area contributed by atoms with Crippen molar-refractivity contribution in [3.8, 4) is 11.5 Å². The van der Waals surface area contributed by atoms with Gasteiger partial charge in [0.15, 0.2) is 0 Å². The van der Waals surface area contributed by atoms with Crippen LogP contribution in [0.2, 0.25) is 0 Å². The zero-order valence-corrected chi connectivity index (χ0v) is 14.8. The molecule has 18 heavy (non-hydrogen) atoms. The summed E-state index contributed by atoms with van der Waals surface area (Å²) in [7, 11) is 0. The van der Waals surface area contributed by atoms with Crippen molar-refractivity contribution in [2.24, 2.45) is 0 Å². The number of halogens is 4. The van der Waals surface area contributed by atoms with Crippen LogP contribution < -0.4 is 9.47 Å². The van der Waals surface area contributed by atoms with E-state index in [2.05, 4.69) is 24.4 Å². The minimum atomic E-state index is -4.69. The number of hydrogen-bond acceptors (Lipinski definition) is 2. The first-order chi connectivity index (χ1) is 8.16. The molecule has 1 rings (SSSR count). The predicted molar refractivity (Wildman–Crippen MR) is 61.3 cm³/mol. The molecule has 0 aromatic heterocycles. The number of rotatable bonds is 2. The molecule has 0 aliphatic carbocycles. The molecule has 0 atom stereocenters. The van der Waals surface area contributed by atoms with Gasteiger partial charge >= 0.3 is 36.3 Å². The third-order valence-electron chi connectivity index (χ3n) is 1.40. The van der Waals surface area contributed by atoms with Crippen LogP contribution in [0.4, 0.5) is 13.2 Å². The van der Waals surface area contributed by atoms with Gasteiger partial charge in [-0.05, 0) is 20.8 Å². The van der Waals surface area contributed by atoms with Gasteiger partial charge in [0.2, 0.25) is 0 Å². The number of alkyl halides is 3. The van der Waals surface area contributed by atoms with E-state index < -0.39 is 12.0 Å². The number of hydrogen-bond donors (Lipinski definition) is 0. The molecule has 98 valence electrons. The quantitative estimate of drug-likeness (QED) is 0.561. The molecule has 0 saturated heterocycles. The third kappa shape index (κ3) is 8.75. The van der Waals surface area contributed by atoms with Crippen molar-refractivity contribution in [2.45, 2.75) is 32.7 Å². The zero-order valence-electron chi connectivity index (χ0n) is 10.3. The van der Waals surface area contributed by atoms with Crippen molar-refractivity contribution in [3.63, 3.8) is 0 Å². The predicted octanol–water partition coefficient (Wildman–Crippen LogP) is 4.41. The molecule has 0 spiro atoms. The van der Waals surface area contributed by atoms with E-state index in [0.29, 0.717) is 0 Å². The van der Waals surface area contributed by atoms with E-state index in [-0.39, 0.29) is 11.5 Å². The van der Waals surface area contributed by atoms with Crippen molar-refractivity contribution in [1.82, 2.24) is 0 Å². The van der Waals surface area contributed by atoms with E-state index in [0.717, 1.165) is 6.07 Å². The molecule has 0 amide bonds. The van der Waals surface area contributed by atoms with Crippen LogP contribution in [0, 0.1) is 6.07 Å². The maximum atomic E-state index is 11.9. The summed E-state index contributed by atoms with van der Waals surface area (Å²) in [5.41, 5.74) is -0.493. The second-order valence-electron chi connectivity index (χ2n) is 4.15. The van der Waals surface area contributed by atoms with Crippen LogP contribution in [0.25, 0.3) is 0 Å². The first-order valence-corrected chi connectivity index (χ1v) is 11.8. The van der Waals surface area contributed by atoms with Gasteiger partial charge in [-0.2, -0.15) is 6.07 Å². The molecule has 0 saturated carbocycles.